The molecule has 30 heavy (non-hydrogen) atoms. The van der Waals surface area contributed by atoms with Gasteiger partial charge in [-0.3, -0.25) is 19.3 Å². The van der Waals surface area contributed by atoms with E-state index in [2.05, 4.69) is 15.4 Å². The van der Waals surface area contributed by atoms with Gasteiger partial charge in [0.2, 0.25) is 5.91 Å². The minimum Gasteiger partial charge on any atom is -0.352 e. The highest BCUT2D eigenvalue weighted by molar-refractivity contribution is 5.93. The second-order valence-corrected chi connectivity index (χ2v) is 8.52. The fourth-order valence-electron chi connectivity index (χ4n) is 4.74. The van der Waals surface area contributed by atoms with Crippen LogP contribution in [0, 0.1) is 5.92 Å². The Balaban J connectivity index is 1.35. The fraction of sp³-hybridized carbons (Fsp3) is 0.565. The number of carbonyl (C=O) groups is 2. The van der Waals surface area contributed by atoms with Gasteiger partial charge in [0.1, 0.15) is 0 Å². The standard InChI is InChI=1S/C23H31N5O2/c1-27-21-10-13-28(22(29)14-17-6-3-2-4-7-17)16-19(21)20(26-27)9-12-25-23(30)18-8-5-11-24-15-18/h5,8,11,15,17H,2-4,6-7,9-10,12-14,16H2,1H3,(H,25,30). The van der Waals surface area contributed by atoms with E-state index in [-0.39, 0.29) is 11.8 Å². The molecule has 7 nitrogen and oxygen atoms in total. The van der Waals surface area contributed by atoms with Gasteiger partial charge in [0.15, 0.2) is 0 Å². The van der Waals surface area contributed by atoms with Crippen LogP contribution in [0.5, 0.6) is 0 Å². The molecule has 7 heteroatoms. The average Bonchev–Trinajstić information content (AvgIpc) is 3.10. The highest BCUT2D eigenvalue weighted by Gasteiger charge is 2.28. The number of carbonyl (C=O) groups excluding carboxylic acids is 2. The van der Waals surface area contributed by atoms with Crippen molar-refractivity contribution in [1.29, 1.82) is 0 Å². The van der Waals surface area contributed by atoms with Crippen LogP contribution in [0.4, 0.5) is 0 Å². The molecule has 4 rings (SSSR count). The average molecular weight is 410 g/mol. The molecule has 1 fully saturated rings. The van der Waals surface area contributed by atoms with Crippen molar-refractivity contribution in [2.24, 2.45) is 13.0 Å². The van der Waals surface area contributed by atoms with Crippen molar-refractivity contribution in [3.05, 3.63) is 47.0 Å². The van der Waals surface area contributed by atoms with Gasteiger partial charge in [-0.2, -0.15) is 5.10 Å². The van der Waals surface area contributed by atoms with E-state index in [0.29, 0.717) is 37.4 Å². The molecule has 0 atom stereocenters. The lowest BCUT2D eigenvalue weighted by atomic mass is 9.86. The molecule has 1 N–H and O–H groups in total. The molecular weight excluding hydrogens is 378 g/mol. The van der Waals surface area contributed by atoms with E-state index in [0.717, 1.165) is 24.2 Å². The summed E-state index contributed by atoms with van der Waals surface area (Å²) in [6.45, 7) is 1.92. The van der Waals surface area contributed by atoms with E-state index in [9.17, 15) is 9.59 Å². The molecule has 0 radical (unpaired) electrons. The topological polar surface area (TPSA) is 80.1 Å². The first-order valence-electron chi connectivity index (χ1n) is 11.1. The number of hydrogen-bond acceptors (Lipinski definition) is 4. The molecule has 0 spiro atoms. The summed E-state index contributed by atoms with van der Waals surface area (Å²) in [6, 6.07) is 3.50. The maximum atomic E-state index is 12.9. The monoisotopic (exact) mass is 409 g/mol. The van der Waals surface area contributed by atoms with Gasteiger partial charge in [0.25, 0.3) is 5.91 Å². The minimum atomic E-state index is -0.128. The molecule has 1 aliphatic carbocycles. The maximum absolute atomic E-state index is 12.9. The van der Waals surface area contributed by atoms with Gasteiger partial charge in [-0.15, -0.1) is 0 Å². The Morgan fingerprint density at radius 3 is 2.83 bits per heavy atom. The summed E-state index contributed by atoms with van der Waals surface area (Å²) in [5.74, 6) is 0.716. The first kappa shape index (κ1) is 20.6. The molecule has 2 amide bonds. The molecule has 3 heterocycles. The molecule has 2 aliphatic rings. The Bertz CT molecular complexity index is 886. The van der Waals surface area contributed by atoms with E-state index in [4.69, 9.17) is 0 Å². The Kier molecular flexibility index (Phi) is 6.45. The lowest BCUT2D eigenvalue weighted by Gasteiger charge is -2.30. The number of aromatic nitrogens is 3. The third-order valence-electron chi connectivity index (χ3n) is 6.44. The SMILES string of the molecule is Cn1nc(CCNC(=O)c2cccnc2)c2c1CCN(C(=O)CC1CCCCC1)C2. The predicted octanol–water partition coefficient (Wildman–Crippen LogP) is 2.64. The number of rotatable bonds is 6. The minimum absolute atomic E-state index is 0.128. The van der Waals surface area contributed by atoms with Gasteiger partial charge >= 0.3 is 0 Å². The molecule has 2 aromatic rings. The maximum Gasteiger partial charge on any atom is 0.252 e. The van der Waals surface area contributed by atoms with Crippen LogP contribution in [0.15, 0.2) is 24.5 Å². The summed E-state index contributed by atoms with van der Waals surface area (Å²) in [7, 11) is 1.97. The third kappa shape index (κ3) is 4.71. The van der Waals surface area contributed by atoms with Crippen LogP contribution in [0.1, 0.15) is 65.8 Å². The van der Waals surface area contributed by atoms with Crippen molar-refractivity contribution in [2.45, 2.75) is 57.9 Å². The van der Waals surface area contributed by atoms with Gasteiger partial charge in [-0.25, -0.2) is 0 Å². The van der Waals surface area contributed by atoms with Crippen LogP contribution in [-0.2, 0) is 31.2 Å². The third-order valence-corrected chi connectivity index (χ3v) is 6.44. The highest BCUT2D eigenvalue weighted by atomic mass is 16.2. The molecular formula is C23H31N5O2. The van der Waals surface area contributed by atoms with Crippen molar-refractivity contribution in [2.75, 3.05) is 13.1 Å². The first-order valence-corrected chi connectivity index (χ1v) is 11.1. The molecule has 0 aromatic carbocycles. The molecule has 1 saturated carbocycles. The van der Waals surface area contributed by atoms with E-state index in [1.165, 1.54) is 37.8 Å². The van der Waals surface area contributed by atoms with Crippen molar-refractivity contribution >= 4 is 11.8 Å². The van der Waals surface area contributed by atoms with E-state index in [1.54, 1.807) is 24.5 Å². The fourth-order valence-corrected chi connectivity index (χ4v) is 4.74. The Labute approximate surface area is 177 Å². The van der Waals surface area contributed by atoms with Crippen LogP contribution in [0.2, 0.25) is 0 Å². The summed E-state index contributed by atoms with van der Waals surface area (Å²) >= 11 is 0. The summed E-state index contributed by atoms with van der Waals surface area (Å²) in [4.78, 5) is 31.1. The quantitative estimate of drug-likeness (QED) is 0.795. The molecule has 0 bridgehead atoms. The number of hydrogen-bond donors (Lipinski definition) is 1. The Morgan fingerprint density at radius 2 is 2.07 bits per heavy atom. The lowest BCUT2D eigenvalue weighted by Crippen LogP contribution is -2.37. The van der Waals surface area contributed by atoms with Crippen molar-refractivity contribution in [3.63, 3.8) is 0 Å². The number of nitrogens with one attached hydrogen (secondary N) is 1. The second-order valence-electron chi connectivity index (χ2n) is 8.52. The first-order chi connectivity index (χ1) is 14.6. The molecule has 0 unspecified atom stereocenters. The van der Waals surface area contributed by atoms with Crippen molar-refractivity contribution in [1.82, 2.24) is 25.0 Å². The Hall–Kier alpha value is -2.70. The van der Waals surface area contributed by atoms with Crippen LogP contribution in [0.3, 0.4) is 0 Å². The van der Waals surface area contributed by atoms with E-state index < -0.39 is 0 Å². The zero-order chi connectivity index (χ0) is 20.9. The zero-order valence-electron chi connectivity index (χ0n) is 17.8. The molecule has 2 aromatic heterocycles. The lowest BCUT2D eigenvalue weighted by molar-refractivity contribution is -0.133. The van der Waals surface area contributed by atoms with Gasteiger partial charge in [0, 0.05) is 69.6 Å². The largest absolute Gasteiger partial charge is 0.352 e. The van der Waals surface area contributed by atoms with E-state index in [1.807, 2.05) is 16.6 Å². The van der Waals surface area contributed by atoms with Crippen molar-refractivity contribution in [3.8, 4) is 0 Å². The normalized spacial score (nSPS) is 16.9. The zero-order valence-corrected chi connectivity index (χ0v) is 17.8. The number of nitrogens with zero attached hydrogens (tertiary/aromatic N) is 4. The number of pyridine rings is 1. The summed E-state index contributed by atoms with van der Waals surface area (Å²) in [5.41, 5.74) is 3.91. The number of amides is 2. The highest BCUT2D eigenvalue weighted by Crippen LogP contribution is 2.28. The smallest absolute Gasteiger partial charge is 0.252 e. The van der Waals surface area contributed by atoms with Gasteiger partial charge in [-0.05, 0) is 30.9 Å². The van der Waals surface area contributed by atoms with Gasteiger partial charge < -0.3 is 10.2 Å². The Morgan fingerprint density at radius 1 is 1.23 bits per heavy atom. The van der Waals surface area contributed by atoms with Crippen LogP contribution >= 0.6 is 0 Å². The van der Waals surface area contributed by atoms with Gasteiger partial charge in [0.05, 0.1) is 11.3 Å². The van der Waals surface area contributed by atoms with Crippen LogP contribution in [0.25, 0.3) is 0 Å². The predicted molar refractivity (Wildman–Crippen MR) is 114 cm³/mol. The summed E-state index contributed by atoms with van der Waals surface area (Å²) in [6.07, 6.45) is 11.6. The molecule has 0 saturated heterocycles. The van der Waals surface area contributed by atoms with Gasteiger partial charge in [-0.1, -0.05) is 19.3 Å². The van der Waals surface area contributed by atoms with E-state index >= 15 is 0 Å². The number of aryl methyl sites for hydroxylation is 1. The summed E-state index contributed by atoms with van der Waals surface area (Å²) < 4.78 is 1.94. The molecule has 160 valence electrons. The summed E-state index contributed by atoms with van der Waals surface area (Å²) in [5, 5.41) is 7.63. The van der Waals surface area contributed by atoms with Crippen LogP contribution < -0.4 is 5.32 Å². The van der Waals surface area contributed by atoms with Crippen LogP contribution in [-0.4, -0.2) is 44.6 Å². The second kappa shape index (κ2) is 9.41. The van der Waals surface area contributed by atoms with Crippen molar-refractivity contribution < 1.29 is 9.59 Å². The molecule has 1 aliphatic heterocycles. The number of fused-ring (bicyclic) bond motifs is 1.